The molecule has 4 unspecified atom stereocenters. The number of aliphatic carboxylic acids is 1. The fourth-order valence-electron chi connectivity index (χ4n) is 16.8. The van der Waals surface area contributed by atoms with Crippen molar-refractivity contribution in [2.45, 2.75) is 311 Å². The number of carboxylic acids is 1. The fraction of sp³-hybridized carbons (Fsp3) is 0.708. The maximum absolute atomic E-state index is 15.6. The molecule has 48 heteroatoms. The molecule has 5 heterocycles. The molecule has 1 aromatic rings. The number of amides is 18. The van der Waals surface area contributed by atoms with E-state index in [0.717, 1.165) is 26.5 Å². The number of primary amides is 1. The molecule has 18 amide bonds. The van der Waals surface area contributed by atoms with E-state index in [4.69, 9.17) is 28.7 Å². The Labute approximate surface area is 811 Å². The van der Waals surface area contributed by atoms with Crippen LogP contribution in [-0.2, 0) is 97.5 Å². The smallest absolute Gasteiger partial charge is 0.303 e. The molecule has 0 aromatic heterocycles. The highest BCUT2D eigenvalue weighted by Gasteiger charge is 2.49. The molecule has 0 aliphatic carbocycles. The number of unbranched alkanes of at least 4 members (excludes halogenated alkanes) is 3. The Bertz CT molecular complexity index is 4310. The third-order valence-electron chi connectivity index (χ3n) is 24.3. The predicted molar refractivity (Wildman–Crippen MR) is 512 cm³/mol. The summed E-state index contributed by atoms with van der Waals surface area (Å²) in [5, 5.41) is 66.6. The number of aliphatic imine (C=N–C) groups is 1. The summed E-state index contributed by atoms with van der Waals surface area (Å²) in [7, 11) is 1.91. The summed E-state index contributed by atoms with van der Waals surface area (Å²) in [6.07, 6.45) is 1.50. The number of hydrogen-bond donors (Lipinski definition) is 21. The quantitative estimate of drug-likeness (QED) is 0.0128. The van der Waals surface area contributed by atoms with Crippen LogP contribution < -0.4 is 97.8 Å². The van der Waals surface area contributed by atoms with Gasteiger partial charge in [-0.15, -0.1) is 0 Å². The van der Waals surface area contributed by atoms with E-state index in [9.17, 15) is 72.9 Å². The topological polar surface area (TPSA) is 697 Å². The minimum Gasteiger partial charge on any atom is -0.481 e. The Kier molecular flexibility index (Phi) is 49.5. The Morgan fingerprint density at radius 3 is 1.75 bits per heavy atom. The molecule has 5 aliphatic rings. The summed E-state index contributed by atoms with van der Waals surface area (Å²) in [5.41, 5.74) is 29.3. The molecule has 0 saturated carbocycles. The Morgan fingerprint density at radius 1 is 0.577 bits per heavy atom. The standard InChI is InChI=1S/C89H145N23O22S3/c1-9-10-24-60-85(131)109-38-19-28-66(109)82(128)96-51(6)73(119)107-64(47-113)80(126)106-63(44-53-22-12-11-13-23-53)79(125)108-65(81(127)104-61(26-15-17-36-91)86(132)112-46-54(115)45-69(112)87(133)110-39-20-29-67(110)83(129)98-55(72(92)118)31-32-70(116)117)48-137-136-42-34-59(101-76(122)58(33-41-135-8)102-84(130)68-30-21-40-111(68)88(134)71(50(4)5)97-52(7)114)77(123)105-62(43-49(2)3)78(124)100-57(27-18-37-95-89(93)94)74(120)99-56(75(121)103-60)25-14-16-35-90/h11-13,22-23,49-51,54-69,71,113,115H,9-10,14-21,24-48,90-91H2,1-8H3,(H2,92,118)(H,96,128)(H,97,114)(H,98,129)(H,99,120)(H,100,124)(H,101,122)(H,102,130)(H,103,121)(H,104,127)(H,105,123)(H,106,126)(H,107,119)(H,108,125)(H,116,117)(H4,93,94,95)/t51?,54?,55-,56-,57-,58-,59?,60-,61?,62-,63-,64-,65-,66-,67-,68-,69-,71-/m0/s1. The maximum atomic E-state index is 15.6. The van der Waals surface area contributed by atoms with Gasteiger partial charge < -0.3 is 133 Å². The molecule has 0 bridgehead atoms. The van der Waals surface area contributed by atoms with Crippen molar-refractivity contribution in [1.29, 1.82) is 0 Å². The lowest BCUT2D eigenvalue weighted by molar-refractivity contribution is -0.148. The molecule has 0 spiro atoms. The zero-order valence-corrected chi connectivity index (χ0v) is 82.1. The second-order valence-electron chi connectivity index (χ2n) is 36.0. The van der Waals surface area contributed by atoms with Crippen LogP contribution in [0.4, 0.5) is 0 Å². The molecule has 137 heavy (non-hydrogen) atoms. The van der Waals surface area contributed by atoms with Crippen LogP contribution in [0.15, 0.2) is 35.3 Å². The van der Waals surface area contributed by atoms with E-state index in [0.29, 0.717) is 37.7 Å². The number of benzene rings is 1. The monoisotopic (exact) mass is 1980 g/mol. The number of nitrogens with one attached hydrogen (secondary N) is 13. The largest absolute Gasteiger partial charge is 0.481 e. The Morgan fingerprint density at radius 2 is 1.15 bits per heavy atom. The number of likely N-dealkylation sites (tertiary alicyclic amines) is 3. The number of fused-ring (bicyclic) bond motifs is 1. The van der Waals surface area contributed by atoms with Crippen LogP contribution in [0.5, 0.6) is 0 Å². The van der Waals surface area contributed by atoms with Crippen molar-refractivity contribution in [1.82, 2.24) is 88.7 Å². The first kappa shape index (κ1) is 115. The van der Waals surface area contributed by atoms with Gasteiger partial charge in [0, 0.05) is 70.4 Å². The number of thioether (sulfide) groups is 1. The molecule has 5 saturated heterocycles. The van der Waals surface area contributed by atoms with E-state index in [1.807, 2.05) is 6.92 Å². The zero-order valence-electron chi connectivity index (χ0n) is 79.6. The van der Waals surface area contributed by atoms with E-state index in [-0.39, 0.29) is 178 Å². The maximum Gasteiger partial charge on any atom is 0.303 e. The second-order valence-corrected chi connectivity index (χ2v) is 39.6. The van der Waals surface area contributed by atoms with Crippen molar-refractivity contribution in [3.05, 3.63) is 35.9 Å². The molecule has 45 nitrogen and oxygen atoms in total. The molecule has 5 aliphatic heterocycles. The minimum absolute atomic E-state index is 0.0261. The van der Waals surface area contributed by atoms with Gasteiger partial charge in [0.05, 0.1) is 12.7 Å². The molecule has 18 atom stereocenters. The molecular formula is C89H145N23O22S3. The van der Waals surface area contributed by atoms with Gasteiger partial charge in [-0.1, -0.05) is 99.4 Å². The summed E-state index contributed by atoms with van der Waals surface area (Å²) in [5.74, 6) is -18.1. The average molecular weight is 1990 g/mol. The number of guanidine groups is 1. The molecule has 6 rings (SSSR count). The van der Waals surface area contributed by atoms with Gasteiger partial charge in [0.2, 0.25) is 106 Å². The summed E-state index contributed by atoms with van der Waals surface area (Å²) in [6, 6.07) is -16.3. The van der Waals surface area contributed by atoms with E-state index in [2.05, 4.69) is 74.1 Å². The van der Waals surface area contributed by atoms with Crippen LogP contribution in [0.1, 0.15) is 202 Å². The second kappa shape index (κ2) is 58.9. The highest BCUT2D eigenvalue weighted by molar-refractivity contribution is 8.76. The number of aliphatic hydroxyl groups excluding tert-OH is 2. The van der Waals surface area contributed by atoms with Crippen molar-refractivity contribution in [2.24, 2.45) is 45.5 Å². The molecule has 5 fully saturated rings. The van der Waals surface area contributed by atoms with Crippen LogP contribution >= 0.6 is 33.3 Å². The first-order valence-corrected chi connectivity index (χ1v) is 51.2. The third kappa shape index (κ3) is 36.9. The summed E-state index contributed by atoms with van der Waals surface area (Å²) >= 11 is 1.32. The fourth-order valence-corrected chi connectivity index (χ4v) is 19.6. The number of β-amino-alcohol motifs (C(OH)–C–C–N with tert-alkyl or cyclic N) is 1. The summed E-state index contributed by atoms with van der Waals surface area (Å²) < 4.78 is 0. The lowest BCUT2D eigenvalue weighted by atomic mass is 10.0. The average Bonchev–Trinajstić information content (AvgIpc) is 1.64. The van der Waals surface area contributed by atoms with Crippen LogP contribution in [-0.4, -0.2) is 338 Å². The normalized spacial score (nSPS) is 24.9. The Balaban J connectivity index is 1.49. The predicted octanol–water partition coefficient (Wildman–Crippen LogP) is -4.41. The van der Waals surface area contributed by atoms with Gasteiger partial charge in [0.25, 0.3) is 0 Å². The summed E-state index contributed by atoms with van der Waals surface area (Å²) in [4.78, 5) is 284. The molecule has 0 radical (unpaired) electrons. The van der Waals surface area contributed by atoms with Crippen LogP contribution in [0.2, 0.25) is 0 Å². The van der Waals surface area contributed by atoms with Gasteiger partial charge in [-0.25, -0.2) is 0 Å². The van der Waals surface area contributed by atoms with Crippen LogP contribution in [0, 0.1) is 11.8 Å². The lowest BCUT2D eigenvalue weighted by Gasteiger charge is -2.33. The Hall–Kier alpha value is -10.7. The number of carbonyl (C=O) groups is 19. The van der Waals surface area contributed by atoms with E-state index < -0.39 is 252 Å². The number of carboxylic acid groups (broad SMARTS) is 1. The van der Waals surface area contributed by atoms with E-state index in [1.54, 1.807) is 64.3 Å². The van der Waals surface area contributed by atoms with Crippen LogP contribution in [0.25, 0.3) is 0 Å². The van der Waals surface area contributed by atoms with Crippen molar-refractivity contribution in [3.63, 3.8) is 0 Å². The number of rotatable bonds is 40. The van der Waals surface area contributed by atoms with Crippen molar-refractivity contribution < 1.29 is 106 Å². The first-order valence-electron chi connectivity index (χ1n) is 47.3. The van der Waals surface area contributed by atoms with Gasteiger partial charge in [0.1, 0.15) is 103 Å². The molecule has 766 valence electrons. The molecule has 26 N–H and O–H groups in total. The minimum atomic E-state index is -1.84. The number of nitrogens with zero attached hydrogens (tertiary/aromatic N) is 5. The third-order valence-corrected chi connectivity index (χ3v) is 27.4. The molecular weight excluding hydrogens is 1840 g/mol. The number of aliphatic hydroxyl groups is 2. The van der Waals surface area contributed by atoms with Crippen molar-refractivity contribution in [2.75, 3.05) is 75.9 Å². The number of nitrogens with two attached hydrogens (primary N) is 5. The first-order chi connectivity index (χ1) is 65.2. The summed E-state index contributed by atoms with van der Waals surface area (Å²) in [6.45, 7) is 10.2. The van der Waals surface area contributed by atoms with Crippen molar-refractivity contribution in [3.8, 4) is 0 Å². The van der Waals surface area contributed by atoms with Gasteiger partial charge in [-0.05, 0) is 171 Å². The zero-order chi connectivity index (χ0) is 101. The van der Waals surface area contributed by atoms with Crippen molar-refractivity contribution >= 4 is 152 Å². The van der Waals surface area contributed by atoms with Gasteiger partial charge in [-0.3, -0.25) is 96.1 Å². The van der Waals surface area contributed by atoms with Gasteiger partial charge in [-0.2, -0.15) is 11.8 Å². The number of hydrogen-bond acceptors (Lipinski definition) is 27. The van der Waals surface area contributed by atoms with E-state index in [1.165, 1.54) is 40.3 Å². The SMILES string of the molecule is CCCC[C@@H]1NC(=O)[C@H](CCCCN)NC(=O)[C@H](CCCN=C(N)N)NC(=O)[C@H](CC(C)C)NC(=O)C(NC(=O)[C@H](CCSC)NC(=O)[C@@H]2CCCN2C(=O)[C@@H](NC(C)=O)C(C)C)CCSSC[C@@H](C(=O)NC(CCCCN)C(=O)N2CC(O)C[C@H]2C(=O)N2CCC[C@H]2C(=O)N[C@@H](CCC(=O)O)C(N)=O)NC(=O)[C@H](Cc2ccccc2)NC(=O)[C@H](CO)NC(=O)C(C)NC(=O)[C@@H]2CCCN2C1=O. The highest BCUT2D eigenvalue weighted by atomic mass is 33.1. The number of carbonyl (C=O) groups excluding carboxylic acids is 18. The van der Waals surface area contributed by atoms with Crippen LogP contribution in [0.3, 0.4) is 0 Å². The van der Waals surface area contributed by atoms with Gasteiger partial charge in [0.15, 0.2) is 5.96 Å². The lowest BCUT2D eigenvalue weighted by Crippen LogP contribution is -2.61. The highest BCUT2D eigenvalue weighted by Crippen LogP contribution is 2.30. The van der Waals surface area contributed by atoms with E-state index >= 15 is 33.6 Å². The van der Waals surface area contributed by atoms with Gasteiger partial charge >= 0.3 is 5.97 Å². The molecule has 1 aromatic carbocycles.